The van der Waals surface area contributed by atoms with E-state index >= 15 is 0 Å². The van der Waals surface area contributed by atoms with Gasteiger partial charge in [0.15, 0.2) is 5.43 Å². The van der Waals surface area contributed by atoms with Crippen LogP contribution in [-0.2, 0) is 6.54 Å². The summed E-state index contributed by atoms with van der Waals surface area (Å²) in [5.74, 6) is 0.700. The molecule has 1 saturated heterocycles. The molecule has 2 aromatic carbocycles. The molecule has 3 aromatic rings. The Bertz CT molecular complexity index is 975. The Morgan fingerprint density at radius 3 is 2.73 bits per heavy atom. The first-order valence-electron chi connectivity index (χ1n) is 9.55. The Morgan fingerprint density at radius 1 is 1.15 bits per heavy atom. The molecule has 1 aliphatic rings. The number of hydrogen-bond donors (Lipinski definition) is 1. The lowest BCUT2D eigenvalue weighted by Crippen LogP contribution is -2.35. The van der Waals surface area contributed by atoms with Crippen molar-refractivity contribution < 1.29 is 0 Å². The summed E-state index contributed by atoms with van der Waals surface area (Å²) in [7, 11) is 0. The number of rotatable bonds is 3. The molecule has 2 heterocycles. The predicted octanol–water partition coefficient (Wildman–Crippen LogP) is 4.74. The number of aromatic nitrogens is 1. The van der Waals surface area contributed by atoms with Crippen LogP contribution in [0.25, 0.3) is 22.2 Å². The van der Waals surface area contributed by atoms with Crippen LogP contribution in [0, 0.1) is 12.8 Å². The minimum absolute atomic E-state index is 0.166. The topological polar surface area (TPSA) is 36.1 Å². The summed E-state index contributed by atoms with van der Waals surface area (Å²) in [5.41, 5.74) is 5.13. The maximum atomic E-state index is 13.4. The summed E-state index contributed by atoms with van der Waals surface area (Å²) in [6.07, 6.45) is 2.50. The summed E-state index contributed by atoms with van der Waals surface area (Å²) in [5, 5.41) is 0.796. The molecule has 4 rings (SSSR count). The van der Waals surface area contributed by atoms with Crippen LogP contribution in [0.15, 0.2) is 53.3 Å². The van der Waals surface area contributed by atoms with Gasteiger partial charge in [-0.15, -0.1) is 0 Å². The van der Waals surface area contributed by atoms with Crippen molar-refractivity contribution in [3.63, 3.8) is 0 Å². The quantitative estimate of drug-likeness (QED) is 0.744. The zero-order chi connectivity index (χ0) is 18.1. The smallest absolute Gasteiger partial charge is 0.194 e. The van der Waals surface area contributed by atoms with Gasteiger partial charge < -0.3 is 4.98 Å². The van der Waals surface area contributed by atoms with Gasteiger partial charge in [-0.1, -0.05) is 48.9 Å². The second-order valence-corrected chi connectivity index (χ2v) is 7.71. The third kappa shape index (κ3) is 3.32. The van der Waals surface area contributed by atoms with Crippen LogP contribution in [0.4, 0.5) is 0 Å². The number of nitrogens with one attached hydrogen (secondary N) is 1. The molecule has 3 nitrogen and oxygen atoms in total. The van der Waals surface area contributed by atoms with Gasteiger partial charge in [0.05, 0.1) is 5.69 Å². The zero-order valence-corrected chi connectivity index (χ0v) is 15.6. The van der Waals surface area contributed by atoms with E-state index in [9.17, 15) is 4.79 Å². The van der Waals surface area contributed by atoms with Gasteiger partial charge in [-0.2, -0.15) is 0 Å². The van der Waals surface area contributed by atoms with E-state index in [1.165, 1.54) is 12.8 Å². The monoisotopic (exact) mass is 346 g/mol. The molecule has 1 aliphatic heterocycles. The van der Waals surface area contributed by atoms with Crippen molar-refractivity contribution in [3.8, 4) is 11.3 Å². The van der Waals surface area contributed by atoms with Gasteiger partial charge in [0.25, 0.3) is 0 Å². The van der Waals surface area contributed by atoms with Crippen molar-refractivity contribution in [2.45, 2.75) is 33.2 Å². The fraction of sp³-hybridized carbons (Fsp3) is 0.348. The first kappa shape index (κ1) is 17.0. The number of pyridine rings is 1. The fourth-order valence-electron chi connectivity index (χ4n) is 4.10. The van der Waals surface area contributed by atoms with Gasteiger partial charge in [0.1, 0.15) is 0 Å². The van der Waals surface area contributed by atoms with Crippen molar-refractivity contribution in [1.82, 2.24) is 9.88 Å². The lowest BCUT2D eigenvalue weighted by molar-refractivity contribution is 0.176. The third-order valence-corrected chi connectivity index (χ3v) is 5.44. The molecule has 0 amide bonds. The van der Waals surface area contributed by atoms with Gasteiger partial charge in [-0.05, 0) is 49.9 Å². The lowest BCUT2D eigenvalue weighted by atomic mass is 9.97. The first-order valence-corrected chi connectivity index (χ1v) is 9.55. The summed E-state index contributed by atoms with van der Waals surface area (Å²) >= 11 is 0. The van der Waals surface area contributed by atoms with E-state index in [0.717, 1.165) is 46.4 Å². The summed E-state index contributed by atoms with van der Waals surface area (Å²) in [6.45, 7) is 7.20. The van der Waals surface area contributed by atoms with Crippen LogP contribution in [0.2, 0.25) is 0 Å². The standard InChI is InChI=1S/C23H26N2O/c1-16-10-11-21-19(13-16)23(26)20(15-25-12-6-7-17(2)14-25)22(24-21)18-8-4-3-5-9-18/h3-5,8-11,13,17H,6-7,12,14-15H2,1-2H3,(H,24,26)/t17-/m1/s1. The first-order chi connectivity index (χ1) is 12.6. The maximum Gasteiger partial charge on any atom is 0.194 e. The van der Waals surface area contributed by atoms with Crippen molar-refractivity contribution in [3.05, 3.63) is 69.9 Å². The Labute approximate surface area is 154 Å². The molecular weight excluding hydrogens is 320 g/mol. The lowest BCUT2D eigenvalue weighted by Gasteiger charge is -2.31. The summed E-state index contributed by atoms with van der Waals surface area (Å²) in [4.78, 5) is 19.4. The molecule has 0 radical (unpaired) electrons. The molecule has 0 saturated carbocycles. The Hall–Kier alpha value is -2.39. The Morgan fingerprint density at radius 2 is 1.96 bits per heavy atom. The van der Waals surface area contributed by atoms with E-state index in [1.807, 2.05) is 37.3 Å². The number of aromatic amines is 1. The molecule has 0 unspecified atom stereocenters. The molecule has 1 N–H and O–H groups in total. The molecule has 1 fully saturated rings. The van der Waals surface area contributed by atoms with Crippen LogP contribution >= 0.6 is 0 Å². The number of fused-ring (bicyclic) bond motifs is 1. The number of hydrogen-bond acceptors (Lipinski definition) is 2. The highest BCUT2D eigenvalue weighted by Gasteiger charge is 2.21. The van der Waals surface area contributed by atoms with Gasteiger partial charge in [0.2, 0.25) is 0 Å². The molecule has 3 heteroatoms. The Kier molecular flexibility index (Phi) is 4.64. The number of aryl methyl sites for hydroxylation is 1. The zero-order valence-electron chi connectivity index (χ0n) is 15.6. The van der Waals surface area contributed by atoms with Gasteiger partial charge in [-0.25, -0.2) is 0 Å². The molecule has 1 atom stereocenters. The van der Waals surface area contributed by atoms with Gasteiger partial charge in [0, 0.05) is 29.6 Å². The van der Waals surface area contributed by atoms with Crippen LogP contribution in [-0.4, -0.2) is 23.0 Å². The number of nitrogens with zero attached hydrogens (tertiary/aromatic N) is 1. The molecular formula is C23H26N2O. The molecule has 26 heavy (non-hydrogen) atoms. The van der Waals surface area contributed by atoms with Gasteiger partial charge in [-0.3, -0.25) is 9.69 Å². The van der Waals surface area contributed by atoms with E-state index in [1.54, 1.807) is 0 Å². The highest BCUT2D eigenvalue weighted by Crippen LogP contribution is 2.25. The Balaban J connectivity index is 1.87. The average molecular weight is 346 g/mol. The SMILES string of the molecule is Cc1ccc2[nH]c(-c3ccccc3)c(CN3CCC[C@@H](C)C3)c(=O)c2c1. The van der Waals surface area contributed by atoms with Gasteiger partial charge >= 0.3 is 0 Å². The number of likely N-dealkylation sites (tertiary alicyclic amines) is 1. The van der Waals surface area contributed by atoms with E-state index in [-0.39, 0.29) is 5.43 Å². The van der Waals surface area contributed by atoms with Crippen molar-refractivity contribution in [2.75, 3.05) is 13.1 Å². The van der Waals surface area contributed by atoms with Crippen LogP contribution in [0.1, 0.15) is 30.9 Å². The van der Waals surface area contributed by atoms with E-state index in [2.05, 4.69) is 35.0 Å². The number of benzene rings is 2. The normalized spacial score (nSPS) is 18.3. The summed E-state index contributed by atoms with van der Waals surface area (Å²) < 4.78 is 0. The molecule has 0 bridgehead atoms. The summed E-state index contributed by atoms with van der Waals surface area (Å²) in [6, 6.07) is 16.3. The fourth-order valence-corrected chi connectivity index (χ4v) is 4.10. The maximum absolute atomic E-state index is 13.4. The van der Waals surface area contributed by atoms with E-state index in [4.69, 9.17) is 0 Å². The largest absolute Gasteiger partial charge is 0.354 e. The van der Waals surface area contributed by atoms with Crippen LogP contribution in [0.3, 0.4) is 0 Å². The van der Waals surface area contributed by atoms with E-state index in [0.29, 0.717) is 12.5 Å². The second kappa shape index (κ2) is 7.08. The molecule has 134 valence electrons. The van der Waals surface area contributed by atoms with Crippen molar-refractivity contribution in [2.24, 2.45) is 5.92 Å². The van der Waals surface area contributed by atoms with Crippen LogP contribution in [0.5, 0.6) is 0 Å². The minimum atomic E-state index is 0.166. The average Bonchev–Trinajstić information content (AvgIpc) is 2.65. The molecule has 1 aromatic heterocycles. The third-order valence-electron chi connectivity index (χ3n) is 5.44. The molecule has 0 spiro atoms. The number of H-pyrrole nitrogens is 1. The van der Waals surface area contributed by atoms with Crippen molar-refractivity contribution in [1.29, 1.82) is 0 Å². The minimum Gasteiger partial charge on any atom is -0.354 e. The van der Waals surface area contributed by atoms with E-state index < -0.39 is 0 Å². The second-order valence-electron chi connectivity index (χ2n) is 7.71. The van der Waals surface area contributed by atoms with Crippen LogP contribution < -0.4 is 5.43 Å². The van der Waals surface area contributed by atoms with Crippen molar-refractivity contribution >= 4 is 10.9 Å². The highest BCUT2D eigenvalue weighted by molar-refractivity contribution is 5.83. The predicted molar refractivity (Wildman–Crippen MR) is 108 cm³/mol. The molecule has 0 aliphatic carbocycles. The number of piperidine rings is 1. The highest BCUT2D eigenvalue weighted by atomic mass is 16.1.